The summed E-state index contributed by atoms with van der Waals surface area (Å²) in [6.07, 6.45) is 3.94. The molecule has 0 fully saturated rings. The van der Waals surface area contributed by atoms with Gasteiger partial charge in [0.25, 0.3) is 0 Å². The molecule has 2 rings (SSSR count). The van der Waals surface area contributed by atoms with Crippen molar-refractivity contribution in [2.75, 3.05) is 0 Å². The van der Waals surface area contributed by atoms with E-state index in [2.05, 4.69) is 123 Å². The number of hydrogen-bond donors (Lipinski definition) is 0. The van der Waals surface area contributed by atoms with E-state index in [1.165, 1.54) is 29.9 Å². The summed E-state index contributed by atoms with van der Waals surface area (Å²) in [4.78, 5) is 0. The van der Waals surface area contributed by atoms with Crippen molar-refractivity contribution in [1.82, 2.24) is 0 Å². The molecule has 0 nitrogen and oxygen atoms in total. The molecule has 0 amide bonds. The van der Waals surface area contributed by atoms with Crippen molar-refractivity contribution >= 4 is 26.5 Å². The molecule has 172 valence electrons. The van der Waals surface area contributed by atoms with Crippen molar-refractivity contribution in [2.45, 2.75) is 103 Å². The number of hydrogen-bond acceptors (Lipinski definition) is 0. The van der Waals surface area contributed by atoms with Crippen LogP contribution >= 0.6 is 15.8 Å². The van der Waals surface area contributed by atoms with Crippen LogP contribution in [-0.4, -0.2) is 21.6 Å². The fourth-order valence-electron chi connectivity index (χ4n) is 5.62. The summed E-state index contributed by atoms with van der Waals surface area (Å²) in [5.74, 6) is 0.756. The van der Waals surface area contributed by atoms with E-state index in [0.29, 0.717) is 16.0 Å². The third-order valence-electron chi connectivity index (χ3n) is 6.54. The molecule has 0 unspecified atom stereocenters. The van der Waals surface area contributed by atoms with E-state index in [1.54, 1.807) is 0 Å². The van der Waals surface area contributed by atoms with Gasteiger partial charge in [0.2, 0.25) is 0 Å². The van der Waals surface area contributed by atoms with E-state index < -0.39 is 0 Å². The molecule has 0 spiro atoms. The Kier molecular flexibility index (Phi) is 9.79. The van der Waals surface area contributed by atoms with Crippen LogP contribution in [0.5, 0.6) is 0 Å². The Morgan fingerprint density at radius 3 is 1.42 bits per heavy atom. The molecule has 0 radical (unpaired) electrons. The summed E-state index contributed by atoms with van der Waals surface area (Å²) in [5.41, 5.74) is 1.50. The normalized spacial score (nSPS) is 15.8. The van der Waals surface area contributed by atoms with Crippen molar-refractivity contribution in [3.05, 3.63) is 60.7 Å². The largest absolute Gasteiger partial charge is 0.0924 e. The Hall–Kier alpha value is -0.700. The molecule has 0 saturated heterocycles. The number of rotatable bonds is 9. The summed E-state index contributed by atoms with van der Waals surface area (Å²) in [6, 6.07) is 22.6. The van der Waals surface area contributed by atoms with Crippen LogP contribution in [0.3, 0.4) is 0 Å². The molecule has 0 bridgehead atoms. The third kappa shape index (κ3) is 7.14. The Balaban J connectivity index is 2.39. The highest BCUT2D eigenvalue weighted by Gasteiger charge is 2.40. The monoisotopic (exact) mass is 456 g/mol. The smallest absolute Gasteiger partial charge is 0.0129 e. The second-order valence-corrected chi connectivity index (χ2v) is 17.7. The maximum absolute atomic E-state index is 2.54. The predicted octanol–water partition coefficient (Wildman–Crippen LogP) is 8.78. The minimum Gasteiger partial charge on any atom is -0.0924 e. The van der Waals surface area contributed by atoms with Crippen molar-refractivity contribution < 1.29 is 0 Å². The van der Waals surface area contributed by atoms with Crippen molar-refractivity contribution in [3.8, 4) is 0 Å². The second kappa shape index (κ2) is 11.4. The molecule has 0 heterocycles. The first kappa shape index (κ1) is 26.6. The van der Waals surface area contributed by atoms with Crippen LogP contribution in [0.25, 0.3) is 0 Å². The van der Waals surface area contributed by atoms with Gasteiger partial charge in [0.05, 0.1) is 0 Å². The fourth-order valence-corrected chi connectivity index (χ4v) is 13.6. The van der Waals surface area contributed by atoms with Gasteiger partial charge in [-0.15, -0.1) is 0 Å². The van der Waals surface area contributed by atoms with Gasteiger partial charge in [-0.1, -0.05) is 137 Å². The van der Waals surface area contributed by atoms with Gasteiger partial charge in [-0.3, -0.25) is 0 Å². The highest BCUT2D eigenvalue weighted by atomic mass is 31.1. The van der Waals surface area contributed by atoms with Gasteiger partial charge in [0.1, 0.15) is 0 Å². The molecule has 0 aliphatic heterocycles. The predicted molar refractivity (Wildman–Crippen MR) is 147 cm³/mol. The summed E-state index contributed by atoms with van der Waals surface area (Å²) in [5, 5.41) is 3.83. The molecular weight excluding hydrogens is 410 g/mol. The van der Waals surface area contributed by atoms with Gasteiger partial charge in [0.15, 0.2) is 0 Å². The first-order valence-electron chi connectivity index (χ1n) is 12.2. The quantitative estimate of drug-likeness (QED) is 0.331. The van der Waals surface area contributed by atoms with Crippen molar-refractivity contribution in [2.24, 2.45) is 5.92 Å². The molecule has 0 aliphatic rings. The zero-order chi connectivity index (χ0) is 23.2. The van der Waals surface area contributed by atoms with E-state index in [1.807, 2.05) is 0 Å². The molecule has 3 atom stereocenters. The molecule has 0 aromatic heterocycles. The maximum Gasteiger partial charge on any atom is -0.0129 e. The average Bonchev–Trinajstić information content (AvgIpc) is 2.70. The van der Waals surface area contributed by atoms with Crippen molar-refractivity contribution in [1.29, 1.82) is 0 Å². The van der Waals surface area contributed by atoms with Crippen LogP contribution in [0.2, 0.25) is 0 Å². The van der Waals surface area contributed by atoms with E-state index in [0.717, 1.165) is 11.6 Å². The third-order valence-corrected chi connectivity index (χ3v) is 13.7. The van der Waals surface area contributed by atoms with Gasteiger partial charge in [-0.2, -0.15) is 0 Å². The highest BCUT2D eigenvalue weighted by Crippen LogP contribution is 2.65. The Bertz CT molecular complexity index is 701. The standard InChI is InChI=1S/C29H46P2/c1-10-24(22-25(11-2)31(28(4,5)6)29(7,8)9)23(3)30(26-18-14-12-15-19-26)27-20-16-13-17-21-27/h12-21,23-25H,10-11,22H2,1-9H3/t23-,24-,25+/m1/s1. The first-order chi connectivity index (χ1) is 14.5. The molecule has 0 saturated carbocycles. The first-order valence-corrected chi connectivity index (χ1v) is 15.0. The van der Waals surface area contributed by atoms with Gasteiger partial charge in [-0.05, 0) is 58.9 Å². The molecule has 2 aromatic rings. The lowest BCUT2D eigenvalue weighted by molar-refractivity contribution is 0.444. The van der Waals surface area contributed by atoms with Crippen LogP contribution in [0, 0.1) is 5.92 Å². The van der Waals surface area contributed by atoms with E-state index in [4.69, 9.17) is 0 Å². The minimum atomic E-state index is -0.361. The SMILES string of the molecule is CC[C@H](C[C@H](CC)P(C(C)(C)C)C(C)(C)C)[C@@H](C)P(c1ccccc1)c1ccccc1. The Labute approximate surface area is 196 Å². The topological polar surface area (TPSA) is 0 Å². The lowest BCUT2D eigenvalue weighted by Crippen LogP contribution is -2.34. The van der Waals surface area contributed by atoms with Crippen LogP contribution in [0.15, 0.2) is 60.7 Å². The number of benzene rings is 2. The summed E-state index contributed by atoms with van der Waals surface area (Å²) in [7, 11) is -0.451. The van der Waals surface area contributed by atoms with Crippen LogP contribution in [0.4, 0.5) is 0 Å². The highest BCUT2D eigenvalue weighted by molar-refractivity contribution is 7.73. The van der Waals surface area contributed by atoms with E-state index >= 15 is 0 Å². The zero-order valence-corrected chi connectivity index (χ0v) is 23.3. The Morgan fingerprint density at radius 1 is 0.677 bits per heavy atom. The van der Waals surface area contributed by atoms with E-state index in [9.17, 15) is 0 Å². The summed E-state index contributed by atoms with van der Waals surface area (Å²) < 4.78 is 0. The summed E-state index contributed by atoms with van der Waals surface area (Å²) in [6.45, 7) is 22.3. The Morgan fingerprint density at radius 2 is 1.10 bits per heavy atom. The zero-order valence-electron chi connectivity index (χ0n) is 21.5. The molecule has 2 heteroatoms. The molecule has 31 heavy (non-hydrogen) atoms. The maximum atomic E-state index is 2.54. The average molecular weight is 457 g/mol. The van der Waals surface area contributed by atoms with E-state index in [-0.39, 0.29) is 15.8 Å². The molecular formula is C29H46P2. The van der Waals surface area contributed by atoms with Gasteiger partial charge >= 0.3 is 0 Å². The summed E-state index contributed by atoms with van der Waals surface area (Å²) >= 11 is 0. The van der Waals surface area contributed by atoms with Crippen LogP contribution in [0.1, 0.15) is 81.6 Å². The molecule has 2 aromatic carbocycles. The van der Waals surface area contributed by atoms with Gasteiger partial charge < -0.3 is 0 Å². The van der Waals surface area contributed by atoms with Crippen LogP contribution < -0.4 is 10.6 Å². The van der Waals surface area contributed by atoms with Crippen molar-refractivity contribution in [3.63, 3.8) is 0 Å². The lowest BCUT2D eigenvalue weighted by atomic mass is 9.96. The fraction of sp³-hybridized carbons (Fsp3) is 0.586. The molecule has 0 aliphatic carbocycles. The molecule has 0 N–H and O–H groups in total. The van der Waals surface area contributed by atoms with Gasteiger partial charge in [0, 0.05) is 0 Å². The minimum absolute atomic E-state index is 0.0899. The van der Waals surface area contributed by atoms with Gasteiger partial charge in [-0.25, -0.2) is 0 Å². The lowest BCUT2D eigenvalue weighted by Gasteiger charge is -2.48. The second-order valence-electron chi connectivity index (χ2n) is 11.0. The van der Waals surface area contributed by atoms with Crippen LogP contribution in [-0.2, 0) is 0 Å².